The van der Waals surface area contributed by atoms with E-state index in [4.69, 9.17) is 10.8 Å². The van der Waals surface area contributed by atoms with Crippen molar-refractivity contribution >= 4 is 58.6 Å². The average molecular weight is 631 g/mol. The molecule has 4 rings (SSSR count). The van der Waals surface area contributed by atoms with Crippen LogP contribution in [0.15, 0.2) is 91.0 Å². The van der Waals surface area contributed by atoms with E-state index in [-0.39, 0.29) is 47.3 Å². The topological polar surface area (TPSA) is 130 Å². The van der Waals surface area contributed by atoms with Gasteiger partial charge in [0.25, 0.3) is 0 Å². The van der Waals surface area contributed by atoms with Crippen LogP contribution in [0.3, 0.4) is 0 Å². The number of carbonyl (C=O) groups excluding carboxylic acids is 3. The van der Waals surface area contributed by atoms with Crippen LogP contribution in [0.1, 0.15) is 6.42 Å². The molecule has 0 radical (unpaired) electrons. The van der Waals surface area contributed by atoms with Crippen molar-refractivity contribution in [3.8, 4) is 0 Å². The molecule has 0 saturated carbocycles. The number of nitrogens with zero attached hydrogens (tertiary/aromatic N) is 1. The molecule has 3 aromatic rings. The predicted molar refractivity (Wildman–Crippen MR) is 151 cm³/mol. The predicted octanol–water partition coefficient (Wildman–Crippen LogP) is -1.67. The number of aliphatic carboxylic acids is 1. The van der Waals surface area contributed by atoms with Gasteiger partial charge in [-0.05, 0) is 36.4 Å². The fourth-order valence-corrected chi connectivity index (χ4v) is 9.74. The number of halogens is 1. The third-order valence-electron chi connectivity index (χ3n) is 6.37. The molecule has 4 N–H and O–H groups in total. The summed E-state index contributed by atoms with van der Waals surface area (Å²) in [6, 6.07) is 29.0. The van der Waals surface area contributed by atoms with Crippen molar-refractivity contribution in [3.05, 3.63) is 91.0 Å². The van der Waals surface area contributed by atoms with Crippen molar-refractivity contribution in [2.24, 2.45) is 5.73 Å². The van der Waals surface area contributed by atoms with E-state index in [2.05, 4.69) is 41.7 Å². The Balaban J connectivity index is 0.00000420. The summed E-state index contributed by atoms with van der Waals surface area (Å²) in [6.45, 7) is -0.532. The van der Waals surface area contributed by atoms with Gasteiger partial charge in [-0.3, -0.25) is 19.2 Å². The first-order chi connectivity index (χ1) is 18.3. The monoisotopic (exact) mass is 629 g/mol. The molecule has 1 unspecified atom stereocenters. The van der Waals surface area contributed by atoms with Gasteiger partial charge in [0.05, 0.1) is 11.3 Å². The van der Waals surface area contributed by atoms with E-state index in [0.29, 0.717) is 0 Å². The first-order valence-electron chi connectivity index (χ1n) is 12.1. The first-order valence-corrected chi connectivity index (χ1v) is 15.1. The number of likely N-dealkylation sites (tertiary alicyclic amines) is 1. The highest BCUT2D eigenvalue weighted by atomic mass is 79.9. The van der Waals surface area contributed by atoms with E-state index >= 15 is 0 Å². The van der Waals surface area contributed by atoms with Crippen LogP contribution in [-0.2, 0) is 19.2 Å². The highest BCUT2D eigenvalue weighted by Crippen LogP contribution is 2.56. The molecular formula is C28H29BrN3O5PS. The number of carboxylic acids is 1. The summed E-state index contributed by atoms with van der Waals surface area (Å²) in [5, 5.41) is 13.5. The Morgan fingerprint density at radius 3 is 1.82 bits per heavy atom. The molecular weight excluding hydrogens is 601 g/mol. The van der Waals surface area contributed by atoms with Crippen molar-refractivity contribution in [1.29, 1.82) is 0 Å². The third-order valence-corrected chi connectivity index (χ3v) is 11.9. The number of nitrogens with two attached hydrogens (primary N) is 1. The number of hydrogen-bond donors (Lipinski definition) is 3. The maximum atomic E-state index is 13.6. The minimum Gasteiger partial charge on any atom is -1.00 e. The smallest absolute Gasteiger partial charge is 0.322 e. The van der Waals surface area contributed by atoms with Crippen LogP contribution in [0.5, 0.6) is 0 Å². The fraction of sp³-hybridized carbons (Fsp3) is 0.214. The number of amides is 3. The number of imide groups is 1. The second-order valence-corrected chi connectivity index (χ2v) is 13.5. The molecule has 39 heavy (non-hydrogen) atoms. The van der Waals surface area contributed by atoms with Gasteiger partial charge < -0.3 is 33.1 Å². The summed E-state index contributed by atoms with van der Waals surface area (Å²) in [5.74, 6) is -2.27. The van der Waals surface area contributed by atoms with Crippen LogP contribution in [0.4, 0.5) is 0 Å². The number of nitrogens with one attached hydrogen (secondary N) is 1. The minimum absolute atomic E-state index is 0. The van der Waals surface area contributed by atoms with Gasteiger partial charge in [-0.15, -0.1) is 11.8 Å². The minimum atomic E-state index is -2.45. The van der Waals surface area contributed by atoms with E-state index in [1.807, 2.05) is 54.6 Å². The Morgan fingerprint density at radius 2 is 1.38 bits per heavy atom. The summed E-state index contributed by atoms with van der Waals surface area (Å²) in [7, 11) is -2.45. The lowest BCUT2D eigenvalue weighted by Crippen LogP contribution is -3.00. The van der Waals surface area contributed by atoms with Gasteiger partial charge in [-0.1, -0.05) is 54.6 Å². The van der Waals surface area contributed by atoms with Crippen LogP contribution in [0, 0.1) is 0 Å². The van der Waals surface area contributed by atoms with E-state index < -0.39 is 37.0 Å². The number of thioether (sulfide) groups is 1. The SMILES string of the molecule is N[C@@H](CSC1CC(=O)N(C[P+](c2ccccc2)(c2ccccc2)c2ccccc2)C1=O)C(=O)NCC(=O)O.[Br-]. The zero-order chi connectivity index (χ0) is 27.1. The molecule has 204 valence electrons. The van der Waals surface area contributed by atoms with Crippen molar-refractivity contribution in [2.75, 3.05) is 18.6 Å². The average Bonchev–Trinajstić information content (AvgIpc) is 3.21. The molecule has 2 atom stereocenters. The van der Waals surface area contributed by atoms with Gasteiger partial charge in [-0.2, -0.15) is 0 Å². The second-order valence-electron chi connectivity index (χ2n) is 8.86. The van der Waals surface area contributed by atoms with Crippen LogP contribution in [0.2, 0.25) is 0 Å². The Morgan fingerprint density at radius 1 is 0.923 bits per heavy atom. The summed E-state index contributed by atoms with van der Waals surface area (Å²) in [6.07, 6.45) is 0.246. The molecule has 0 aromatic heterocycles. The molecule has 1 fully saturated rings. The Bertz CT molecular complexity index is 1200. The molecule has 0 spiro atoms. The molecule has 1 aliphatic heterocycles. The van der Waals surface area contributed by atoms with Crippen molar-refractivity contribution in [3.63, 3.8) is 0 Å². The normalized spacial score (nSPS) is 15.9. The summed E-state index contributed by atoms with van der Waals surface area (Å²) in [5.41, 5.74) is 5.90. The van der Waals surface area contributed by atoms with E-state index in [9.17, 15) is 19.2 Å². The van der Waals surface area contributed by atoms with E-state index in [0.717, 1.165) is 27.7 Å². The third kappa shape index (κ3) is 6.94. The lowest BCUT2D eigenvalue weighted by molar-refractivity contribution is -0.138. The van der Waals surface area contributed by atoms with Gasteiger partial charge in [0.1, 0.15) is 29.7 Å². The number of hydrogen-bond acceptors (Lipinski definition) is 6. The van der Waals surface area contributed by atoms with Crippen molar-refractivity contribution < 1.29 is 41.3 Å². The summed E-state index contributed by atoms with van der Waals surface area (Å²) < 4.78 is 0. The second kappa shape index (κ2) is 13.8. The molecule has 0 bridgehead atoms. The highest BCUT2D eigenvalue weighted by Gasteiger charge is 2.52. The van der Waals surface area contributed by atoms with Crippen molar-refractivity contribution in [1.82, 2.24) is 10.2 Å². The maximum absolute atomic E-state index is 13.6. The zero-order valence-electron chi connectivity index (χ0n) is 21.0. The maximum Gasteiger partial charge on any atom is 0.322 e. The Labute approximate surface area is 242 Å². The number of carboxylic acid groups (broad SMARTS) is 1. The van der Waals surface area contributed by atoms with Crippen LogP contribution < -0.4 is 43.9 Å². The largest absolute Gasteiger partial charge is 1.00 e. The van der Waals surface area contributed by atoms with Gasteiger partial charge >= 0.3 is 5.97 Å². The zero-order valence-corrected chi connectivity index (χ0v) is 24.3. The lowest BCUT2D eigenvalue weighted by Gasteiger charge is -2.30. The first kappa shape index (κ1) is 30.5. The van der Waals surface area contributed by atoms with Gasteiger partial charge in [0.15, 0.2) is 6.29 Å². The van der Waals surface area contributed by atoms with Crippen LogP contribution in [-0.4, -0.2) is 63.6 Å². The van der Waals surface area contributed by atoms with Crippen LogP contribution >= 0.6 is 19.0 Å². The highest BCUT2D eigenvalue weighted by molar-refractivity contribution is 8.00. The molecule has 8 nitrogen and oxygen atoms in total. The number of rotatable bonds is 11. The number of benzene rings is 3. The van der Waals surface area contributed by atoms with Crippen molar-refractivity contribution in [2.45, 2.75) is 17.7 Å². The standard InChI is InChI=1S/C28H28N3O5PS.BrH/c29-23(27(35)30-17-26(33)34)18-38-24-16-25(32)31(28(24)36)19-37(20-10-4-1-5-11-20,21-12-6-2-7-13-21)22-14-8-3-9-15-22;/h1-15,23-24H,16-19,29H2,(H-,30,33,34,35);1H/t23-,24?;/m0./s1. The Hall–Kier alpha value is -3.04. The van der Waals surface area contributed by atoms with Gasteiger partial charge in [0, 0.05) is 12.2 Å². The Kier molecular flexibility index (Phi) is 10.8. The molecule has 3 amide bonds. The summed E-state index contributed by atoms with van der Waals surface area (Å²) in [4.78, 5) is 50.9. The molecule has 3 aromatic carbocycles. The molecule has 1 aliphatic rings. The summed E-state index contributed by atoms with van der Waals surface area (Å²) >= 11 is 1.15. The molecule has 1 heterocycles. The molecule has 0 aliphatic carbocycles. The quantitative estimate of drug-likeness (QED) is 0.171. The molecule has 1 saturated heterocycles. The lowest BCUT2D eigenvalue weighted by atomic mass is 10.3. The van der Waals surface area contributed by atoms with E-state index in [1.165, 1.54) is 4.90 Å². The van der Waals surface area contributed by atoms with Gasteiger partial charge in [0.2, 0.25) is 17.7 Å². The van der Waals surface area contributed by atoms with E-state index in [1.54, 1.807) is 0 Å². The molecule has 11 heteroatoms. The van der Waals surface area contributed by atoms with Crippen LogP contribution in [0.25, 0.3) is 0 Å². The van der Waals surface area contributed by atoms with Gasteiger partial charge in [-0.25, -0.2) is 4.90 Å². The fourth-order valence-electron chi connectivity index (χ4n) is 4.47. The number of carbonyl (C=O) groups is 4.